The van der Waals surface area contributed by atoms with Crippen molar-refractivity contribution in [3.8, 4) is 28.3 Å². The fourth-order valence-electron chi connectivity index (χ4n) is 3.84. The predicted octanol–water partition coefficient (Wildman–Crippen LogP) is 2.97. The summed E-state index contributed by atoms with van der Waals surface area (Å²) in [7, 11) is 0. The Labute approximate surface area is 188 Å². The molecule has 5 aromatic rings. The molecule has 10 nitrogen and oxygen atoms in total. The van der Waals surface area contributed by atoms with E-state index in [1.807, 2.05) is 48.5 Å². The lowest BCUT2D eigenvalue weighted by Gasteiger charge is -2.13. The standard InChI is InChI=1S/C23H21N9O/c1-12(2)15-5-3-4-6-17(15)32-22-19(28-23(32)33)18(20(24)25)27-21(29-22)14-9-7-13(8-10-14)16-11-26-31-30-16/h3-12H,1-2H3,(H3,24,25)(H,28,33)(H,26,30,31). The van der Waals surface area contributed by atoms with Gasteiger partial charge in [0.1, 0.15) is 22.7 Å². The zero-order chi connectivity index (χ0) is 23.1. The van der Waals surface area contributed by atoms with E-state index in [9.17, 15) is 4.79 Å². The van der Waals surface area contributed by atoms with Crippen LogP contribution in [0, 0.1) is 5.41 Å². The van der Waals surface area contributed by atoms with E-state index in [1.54, 1.807) is 6.20 Å². The first-order valence-electron chi connectivity index (χ1n) is 10.4. The van der Waals surface area contributed by atoms with Crippen molar-refractivity contribution >= 4 is 17.0 Å². The van der Waals surface area contributed by atoms with E-state index in [1.165, 1.54) is 4.57 Å². The molecule has 0 saturated heterocycles. The third-order valence-electron chi connectivity index (χ3n) is 5.45. The zero-order valence-electron chi connectivity index (χ0n) is 18.0. The van der Waals surface area contributed by atoms with E-state index in [4.69, 9.17) is 16.1 Å². The highest BCUT2D eigenvalue weighted by atomic mass is 16.1. The van der Waals surface area contributed by atoms with Gasteiger partial charge in [0.25, 0.3) is 0 Å². The van der Waals surface area contributed by atoms with Crippen LogP contribution in [0.3, 0.4) is 0 Å². The molecule has 0 fully saturated rings. The molecule has 5 rings (SSSR count). The van der Waals surface area contributed by atoms with Gasteiger partial charge in [-0.05, 0) is 17.5 Å². The van der Waals surface area contributed by atoms with Gasteiger partial charge in [0.2, 0.25) is 0 Å². The second kappa shape index (κ2) is 7.83. The van der Waals surface area contributed by atoms with Crippen molar-refractivity contribution in [2.24, 2.45) is 5.73 Å². The van der Waals surface area contributed by atoms with Crippen LogP contribution < -0.4 is 11.4 Å². The summed E-state index contributed by atoms with van der Waals surface area (Å²) in [6.45, 7) is 4.13. The number of nitrogens with zero attached hydrogens (tertiary/aromatic N) is 5. The topological polar surface area (TPSA) is 155 Å². The maximum Gasteiger partial charge on any atom is 0.332 e. The van der Waals surface area contributed by atoms with Crippen molar-refractivity contribution in [3.63, 3.8) is 0 Å². The number of nitrogens with one attached hydrogen (secondary N) is 3. The van der Waals surface area contributed by atoms with Crippen LogP contribution in [0.5, 0.6) is 0 Å². The number of nitrogens with two attached hydrogens (primary N) is 1. The first-order valence-corrected chi connectivity index (χ1v) is 10.4. The smallest absolute Gasteiger partial charge is 0.332 e. The number of para-hydroxylation sites is 1. The van der Waals surface area contributed by atoms with Gasteiger partial charge in [-0.15, -0.1) is 0 Å². The number of imidazole rings is 1. The SMILES string of the molecule is CC(C)c1ccccc1-n1c(=O)[nH]c2c(C(=N)N)nc(-c3ccc(-c4cn[nH]n4)cc3)nc21. The van der Waals surface area contributed by atoms with Gasteiger partial charge in [0.15, 0.2) is 11.5 Å². The Morgan fingerprint density at radius 1 is 1.06 bits per heavy atom. The summed E-state index contributed by atoms with van der Waals surface area (Å²) in [5.41, 5.74) is 10.4. The number of benzene rings is 2. The molecule has 0 bridgehead atoms. The number of aromatic nitrogens is 7. The number of nitrogen functional groups attached to an aromatic ring is 1. The van der Waals surface area contributed by atoms with Crippen LogP contribution in [0.25, 0.3) is 39.5 Å². The van der Waals surface area contributed by atoms with Crippen LogP contribution in [-0.4, -0.2) is 40.8 Å². The first-order chi connectivity index (χ1) is 15.9. The van der Waals surface area contributed by atoms with Crippen LogP contribution in [0.1, 0.15) is 31.0 Å². The summed E-state index contributed by atoms with van der Waals surface area (Å²) in [6, 6.07) is 15.2. The molecule has 2 aromatic carbocycles. The molecule has 164 valence electrons. The summed E-state index contributed by atoms with van der Waals surface area (Å²) in [4.78, 5) is 25.0. The van der Waals surface area contributed by atoms with Crippen LogP contribution in [0.4, 0.5) is 0 Å². The van der Waals surface area contributed by atoms with Crippen molar-refractivity contribution in [2.45, 2.75) is 19.8 Å². The Morgan fingerprint density at radius 2 is 1.79 bits per heavy atom. The zero-order valence-corrected chi connectivity index (χ0v) is 18.0. The van der Waals surface area contributed by atoms with Crippen molar-refractivity contribution in [1.82, 2.24) is 34.9 Å². The number of aromatic amines is 2. The van der Waals surface area contributed by atoms with Gasteiger partial charge in [0.05, 0.1) is 11.9 Å². The van der Waals surface area contributed by atoms with Crippen LogP contribution in [0.2, 0.25) is 0 Å². The van der Waals surface area contributed by atoms with E-state index >= 15 is 0 Å². The molecule has 0 amide bonds. The molecular weight excluding hydrogens is 418 g/mol. The van der Waals surface area contributed by atoms with Gasteiger partial charge < -0.3 is 10.7 Å². The predicted molar refractivity (Wildman–Crippen MR) is 125 cm³/mol. The van der Waals surface area contributed by atoms with Crippen LogP contribution in [-0.2, 0) is 0 Å². The van der Waals surface area contributed by atoms with E-state index in [2.05, 4.69) is 39.2 Å². The quantitative estimate of drug-likeness (QED) is 0.244. The molecule has 0 spiro atoms. The highest BCUT2D eigenvalue weighted by Crippen LogP contribution is 2.27. The molecule has 0 aliphatic heterocycles. The number of hydrogen-bond donors (Lipinski definition) is 4. The first kappa shape index (κ1) is 20.3. The summed E-state index contributed by atoms with van der Waals surface area (Å²) >= 11 is 0. The molecule has 3 heterocycles. The molecule has 0 unspecified atom stereocenters. The highest BCUT2D eigenvalue weighted by Gasteiger charge is 2.20. The van der Waals surface area contributed by atoms with Gasteiger partial charge in [0, 0.05) is 11.1 Å². The Morgan fingerprint density at radius 3 is 2.45 bits per heavy atom. The Hall–Kier alpha value is -4.60. The lowest BCUT2D eigenvalue weighted by Crippen LogP contribution is -2.17. The van der Waals surface area contributed by atoms with E-state index < -0.39 is 0 Å². The monoisotopic (exact) mass is 439 g/mol. The van der Waals surface area contributed by atoms with Gasteiger partial charge in [-0.3, -0.25) is 5.41 Å². The van der Waals surface area contributed by atoms with Gasteiger partial charge >= 0.3 is 5.69 Å². The van der Waals surface area contributed by atoms with Crippen molar-refractivity contribution in [2.75, 3.05) is 0 Å². The van der Waals surface area contributed by atoms with Gasteiger partial charge in [-0.25, -0.2) is 19.3 Å². The second-order valence-electron chi connectivity index (χ2n) is 7.92. The molecule has 10 heteroatoms. The minimum atomic E-state index is -0.367. The lowest BCUT2D eigenvalue weighted by molar-refractivity contribution is 0.842. The molecule has 0 saturated carbocycles. The number of H-pyrrole nitrogens is 2. The summed E-state index contributed by atoms with van der Waals surface area (Å²) in [5, 5.41) is 18.5. The highest BCUT2D eigenvalue weighted by molar-refractivity contribution is 6.03. The van der Waals surface area contributed by atoms with E-state index in [0.717, 1.165) is 16.8 Å². The third-order valence-corrected chi connectivity index (χ3v) is 5.45. The summed E-state index contributed by atoms with van der Waals surface area (Å²) in [6.07, 6.45) is 1.64. The number of rotatable bonds is 5. The third kappa shape index (κ3) is 3.47. The molecule has 33 heavy (non-hydrogen) atoms. The molecule has 5 N–H and O–H groups in total. The summed E-state index contributed by atoms with van der Waals surface area (Å²) < 4.78 is 1.52. The Balaban J connectivity index is 1.73. The average molecular weight is 439 g/mol. The van der Waals surface area contributed by atoms with E-state index in [0.29, 0.717) is 28.2 Å². The van der Waals surface area contributed by atoms with E-state index in [-0.39, 0.29) is 23.1 Å². The molecule has 0 radical (unpaired) electrons. The number of hydrogen-bond acceptors (Lipinski definition) is 6. The van der Waals surface area contributed by atoms with Gasteiger partial charge in [-0.2, -0.15) is 15.4 Å². The Bertz CT molecular complexity index is 1530. The number of fused-ring (bicyclic) bond motifs is 1. The van der Waals surface area contributed by atoms with Gasteiger partial charge in [-0.1, -0.05) is 56.3 Å². The maximum absolute atomic E-state index is 13.0. The lowest BCUT2D eigenvalue weighted by atomic mass is 10.0. The molecule has 0 aliphatic carbocycles. The fraction of sp³-hybridized carbons (Fsp3) is 0.130. The minimum Gasteiger partial charge on any atom is -0.382 e. The average Bonchev–Trinajstić information content (AvgIpc) is 3.46. The van der Waals surface area contributed by atoms with Crippen LogP contribution >= 0.6 is 0 Å². The normalized spacial score (nSPS) is 11.4. The van der Waals surface area contributed by atoms with Crippen molar-refractivity contribution in [3.05, 3.63) is 76.5 Å². The number of amidine groups is 1. The molecular formula is C23H21N9O. The maximum atomic E-state index is 13.0. The minimum absolute atomic E-state index is 0.174. The molecule has 0 atom stereocenters. The fourth-order valence-corrected chi connectivity index (χ4v) is 3.84. The van der Waals surface area contributed by atoms with Crippen molar-refractivity contribution in [1.29, 1.82) is 5.41 Å². The largest absolute Gasteiger partial charge is 0.382 e. The van der Waals surface area contributed by atoms with Crippen LogP contribution in [0.15, 0.2) is 59.5 Å². The Kier molecular flexibility index (Phi) is 4.82. The second-order valence-corrected chi connectivity index (χ2v) is 7.92. The van der Waals surface area contributed by atoms with Crippen molar-refractivity contribution < 1.29 is 0 Å². The summed E-state index contributed by atoms with van der Waals surface area (Å²) in [5.74, 6) is 0.290. The molecule has 0 aliphatic rings. The molecule has 3 aromatic heterocycles.